The number of carbonyl (C=O) groups excluding carboxylic acids is 1. The Morgan fingerprint density at radius 2 is 1.70 bits per heavy atom. The summed E-state index contributed by atoms with van der Waals surface area (Å²) in [5.41, 5.74) is 2.42. The van der Waals surface area contributed by atoms with Crippen molar-refractivity contribution in [2.75, 3.05) is 39.8 Å². The molecule has 3 N–H and O–H groups in total. The summed E-state index contributed by atoms with van der Waals surface area (Å²) in [4.78, 5) is 16.9. The molecule has 0 bridgehead atoms. The third-order valence-corrected chi connectivity index (χ3v) is 4.92. The van der Waals surface area contributed by atoms with Gasteiger partial charge in [0.15, 0.2) is 0 Å². The monoisotopic (exact) mass is 440 g/mol. The van der Waals surface area contributed by atoms with Gasteiger partial charge in [-0.2, -0.15) is 0 Å². The number of likely N-dealkylation sites (N-methyl/N-ethyl adjacent to an activating group) is 1. The molecule has 1 aromatic carbocycles. The van der Waals surface area contributed by atoms with Crippen molar-refractivity contribution in [1.29, 1.82) is 0 Å². The van der Waals surface area contributed by atoms with Gasteiger partial charge in [-0.1, -0.05) is 24.3 Å². The van der Waals surface area contributed by atoms with Crippen LogP contribution in [0, 0.1) is 0 Å². The Hall–Kier alpha value is -0.600. The lowest BCUT2D eigenvalue weighted by Crippen LogP contribution is -2.43. The van der Waals surface area contributed by atoms with Crippen LogP contribution >= 0.6 is 37.2 Å². The van der Waals surface area contributed by atoms with Crippen LogP contribution in [0.4, 0.5) is 0 Å². The molecule has 1 amide bonds. The molecule has 2 heterocycles. The van der Waals surface area contributed by atoms with Gasteiger partial charge >= 0.3 is 0 Å². The van der Waals surface area contributed by atoms with Gasteiger partial charge in [0.2, 0.25) is 5.91 Å². The Morgan fingerprint density at radius 3 is 2.26 bits per heavy atom. The van der Waals surface area contributed by atoms with E-state index < -0.39 is 6.10 Å². The van der Waals surface area contributed by atoms with Crippen molar-refractivity contribution in [3.8, 4) is 0 Å². The average Bonchev–Trinajstić information content (AvgIpc) is 3.03. The largest absolute Gasteiger partial charge is 0.392 e. The maximum Gasteiger partial charge on any atom is 0.237 e. The molecule has 0 spiro atoms. The van der Waals surface area contributed by atoms with Crippen molar-refractivity contribution in [3.05, 3.63) is 35.4 Å². The van der Waals surface area contributed by atoms with E-state index in [1.165, 1.54) is 5.56 Å². The number of nitrogens with one attached hydrogen (secondary N) is 2. The van der Waals surface area contributed by atoms with Crippen molar-refractivity contribution in [2.45, 2.75) is 31.7 Å². The fourth-order valence-corrected chi connectivity index (χ4v) is 3.26. The van der Waals surface area contributed by atoms with Crippen LogP contribution < -0.4 is 10.6 Å². The third kappa shape index (κ3) is 8.11. The van der Waals surface area contributed by atoms with Gasteiger partial charge in [0.25, 0.3) is 0 Å². The minimum absolute atomic E-state index is 0. The highest BCUT2D eigenvalue weighted by molar-refractivity contribution is 5.86. The molecule has 0 aliphatic carbocycles. The topological polar surface area (TPSA) is 67.8 Å². The highest BCUT2D eigenvalue weighted by Gasteiger charge is 2.27. The first-order valence-electron chi connectivity index (χ1n) is 8.78. The van der Waals surface area contributed by atoms with Crippen molar-refractivity contribution in [3.63, 3.8) is 0 Å². The van der Waals surface area contributed by atoms with Gasteiger partial charge in [-0.15, -0.1) is 37.2 Å². The molecule has 0 saturated carbocycles. The molecule has 2 fully saturated rings. The number of carbonyl (C=O) groups is 1. The number of hydrogen-bond donors (Lipinski definition) is 3. The minimum atomic E-state index is -0.408. The summed E-state index contributed by atoms with van der Waals surface area (Å²) >= 11 is 0. The van der Waals surface area contributed by atoms with E-state index in [0.717, 1.165) is 38.3 Å². The lowest BCUT2D eigenvalue weighted by molar-refractivity contribution is -0.123. The number of β-amino-alcohol motifs (C(OH)–C–C–N with tert-alkyl or cyclic N) is 1. The molecule has 3 rings (SSSR count). The SMILES string of the molecule is CN1CCN(Cc2ccc(CNC(=O)C3CC(O)CN3)cc2)CC1.Cl.Cl.Cl. The second-order valence-electron chi connectivity index (χ2n) is 6.96. The highest BCUT2D eigenvalue weighted by atomic mass is 35.5. The predicted octanol–water partition coefficient (Wildman–Crippen LogP) is 1.04. The number of aliphatic hydroxyl groups excluding tert-OH is 1. The number of piperazine rings is 1. The Kier molecular flexibility index (Phi) is 12.5. The van der Waals surface area contributed by atoms with Crippen molar-refractivity contribution in [2.24, 2.45) is 0 Å². The first-order chi connectivity index (χ1) is 11.6. The molecule has 0 radical (unpaired) electrons. The van der Waals surface area contributed by atoms with Gasteiger partial charge in [0.05, 0.1) is 12.1 Å². The summed E-state index contributed by atoms with van der Waals surface area (Å²) in [5, 5.41) is 15.4. The molecule has 156 valence electrons. The summed E-state index contributed by atoms with van der Waals surface area (Å²) < 4.78 is 0. The van der Waals surface area contributed by atoms with Crippen LogP contribution in [0.15, 0.2) is 24.3 Å². The zero-order valence-electron chi connectivity index (χ0n) is 15.6. The fraction of sp³-hybridized carbons (Fsp3) is 0.611. The Bertz CT molecular complexity index is 554. The minimum Gasteiger partial charge on any atom is -0.392 e. The van der Waals surface area contributed by atoms with E-state index in [0.29, 0.717) is 19.5 Å². The fourth-order valence-electron chi connectivity index (χ4n) is 3.26. The van der Waals surface area contributed by atoms with Crippen molar-refractivity contribution >= 4 is 43.1 Å². The van der Waals surface area contributed by atoms with E-state index in [1.807, 2.05) is 0 Å². The van der Waals surface area contributed by atoms with Crippen molar-refractivity contribution in [1.82, 2.24) is 20.4 Å². The Morgan fingerprint density at radius 1 is 1.11 bits per heavy atom. The zero-order valence-corrected chi connectivity index (χ0v) is 18.0. The summed E-state index contributed by atoms with van der Waals surface area (Å²) in [6.07, 6.45) is 0.0881. The molecule has 2 aliphatic heterocycles. The molecule has 9 heteroatoms. The second kappa shape index (κ2) is 12.8. The molecule has 2 aliphatic rings. The first kappa shape index (κ1) is 26.4. The van der Waals surface area contributed by atoms with Crippen LogP contribution in [0.1, 0.15) is 17.5 Å². The van der Waals surface area contributed by atoms with Crippen LogP contribution in [0.2, 0.25) is 0 Å². The van der Waals surface area contributed by atoms with Gasteiger partial charge in [0, 0.05) is 45.8 Å². The van der Waals surface area contributed by atoms with Crippen LogP contribution in [0.3, 0.4) is 0 Å². The molecule has 6 nitrogen and oxygen atoms in total. The molecule has 2 atom stereocenters. The zero-order chi connectivity index (χ0) is 16.9. The molecule has 27 heavy (non-hydrogen) atoms. The summed E-state index contributed by atoms with van der Waals surface area (Å²) in [6, 6.07) is 8.21. The lowest BCUT2D eigenvalue weighted by atomic mass is 10.1. The number of nitrogens with zero attached hydrogens (tertiary/aromatic N) is 2. The molecule has 2 saturated heterocycles. The number of halogens is 3. The molecular weight excluding hydrogens is 411 g/mol. The van der Waals surface area contributed by atoms with E-state index in [9.17, 15) is 9.90 Å². The van der Waals surface area contributed by atoms with Crippen LogP contribution in [0.25, 0.3) is 0 Å². The molecule has 2 unspecified atom stereocenters. The summed E-state index contributed by atoms with van der Waals surface area (Å²) in [5.74, 6) is -0.0342. The maximum atomic E-state index is 12.0. The van der Waals surface area contributed by atoms with Gasteiger partial charge in [-0.3, -0.25) is 9.69 Å². The van der Waals surface area contributed by atoms with E-state index in [1.54, 1.807) is 0 Å². The summed E-state index contributed by atoms with van der Waals surface area (Å²) in [7, 11) is 2.17. The van der Waals surface area contributed by atoms with Gasteiger partial charge in [-0.05, 0) is 24.6 Å². The first-order valence-corrected chi connectivity index (χ1v) is 8.78. The standard InChI is InChI=1S/C18H28N4O2.3ClH/c1-21-6-8-22(9-7-21)13-15-4-2-14(3-5-15)11-20-18(24)17-10-16(23)12-19-17;;;/h2-5,16-17,19,23H,6-13H2,1H3,(H,20,24);3*1H. The Balaban J connectivity index is 0.00000225. The average molecular weight is 442 g/mol. The second-order valence-corrected chi connectivity index (χ2v) is 6.96. The number of rotatable bonds is 5. The quantitative estimate of drug-likeness (QED) is 0.637. The number of amides is 1. The van der Waals surface area contributed by atoms with E-state index in [2.05, 4.69) is 51.7 Å². The normalized spacial score (nSPS) is 22.9. The van der Waals surface area contributed by atoms with Crippen molar-refractivity contribution < 1.29 is 9.90 Å². The number of aliphatic hydroxyl groups is 1. The van der Waals surface area contributed by atoms with Gasteiger partial charge in [0.1, 0.15) is 0 Å². The lowest BCUT2D eigenvalue weighted by Gasteiger charge is -2.32. The molecule has 1 aromatic rings. The van der Waals surface area contributed by atoms with Crippen LogP contribution in [-0.2, 0) is 17.9 Å². The predicted molar refractivity (Wildman–Crippen MR) is 115 cm³/mol. The van der Waals surface area contributed by atoms with E-state index in [-0.39, 0.29) is 49.2 Å². The molecular formula is C18H31Cl3N4O2. The van der Waals surface area contributed by atoms with E-state index in [4.69, 9.17) is 0 Å². The van der Waals surface area contributed by atoms with E-state index >= 15 is 0 Å². The third-order valence-electron chi connectivity index (χ3n) is 4.92. The van der Waals surface area contributed by atoms with Crippen LogP contribution in [-0.4, -0.2) is 72.7 Å². The molecule has 0 aromatic heterocycles. The summed E-state index contributed by atoms with van der Waals surface area (Å²) in [6.45, 7) is 6.52. The van der Waals surface area contributed by atoms with Gasteiger partial charge < -0.3 is 20.6 Å². The number of benzene rings is 1. The highest BCUT2D eigenvalue weighted by Crippen LogP contribution is 2.10. The maximum absolute atomic E-state index is 12.0. The number of hydrogen-bond acceptors (Lipinski definition) is 5. The Labute approximate surface area is 180 Å². The smallest absolute Gasteiger partial charge is 0.237 e. The van der Waals surface area contributed by atoms with Crippen LogP contribution in [0.5, 0.6) is 0 Å². The van der Waals surface area contributed by atoms with Gasteiger partial charge in [-0.25, -0.2) is 0 Å².